The average Bonchev–Trinajstić information content (AvgIpc) is 2.88. The van der Waals surface area contributed by atoms with E-state index in [9.17, 15) is 14.4 Å². The Labute approximate surface area is 104 Å². The van der Waals surface area contributed by atoms with Crippen molar-refractivity contribution in [3.63, 3.8) is 0 Å². The number of amides is 1. The van der Waals surface area contributed by atoms with Gasteiger partial charge in [-0.25, -0.2) is 4.79 Å². The number of carbonyl (C=O) groups excluding carboxylic acids is 1. The Morgan fingerprint density at radius 2 is 1.89 bits per heavy atom. The topological polar surface area (TPSA) is 104 Å². The Morgan fingerprint density at radius 1 is 1.17 bits per heavy atom. The van der Waals surface area contributed by atoms with Crippen LogP contribution in [0.25, 0.3) is 0 Å². The Kier molecular flexibility index (Phi) is 3.54. The minimum Gasteiger partial charge on any atom is -0.481 e. The lowest BCUT2D eigenvalue weighted by atomic mass is 9.88. The molecule has 4 atom stereocenters. The van der Waals surface area contributed by atoms with Gasteiger partial charge < -0.3 is 15.5 Å². The van der Waals surface area contributed by atoms with Crippen LogP contribution in [0.5, 0.6) is 0 Å². The second kappa shape index (κ2) is 4.96. The molecule has 0 heterocycles. The van der Waals surface area contributed by atoms with Crippen LogP contribution in [0.1, 0.15) is 32.1 Å². The van der Waals surface area contributed by atoms with Gasteiger partial charge in [-0.2, -0.15) is 0 Å². The number of hydrogen-bond donors (Lipinski definition) is 3. The second-order valence-corrected chi connectivity index (χ2v) is 5.28. The smallest absolute Gasteiger partial charge is 0.326 e. The lowest BCUT2D eigenvalue weighted by molar-refractivity contribution is -0.147. The summed E-state index contributed by atoms with van der Waals surface area (Å²) in [5, 5.41) is 19.8. The van der Waals surface area contributed by atoms with Gasteiger partial charge >= 0.3 is 11.9 Å². The van der Waals surface area contributed by atoms with E-state index in [-0.39, 0.29) is 11.8 Å². The number of aliphatic carboxylic acids is 2. The molecule has 0 radical (unpaired) electrons. The highest BCUT2D eigenvalue weighted by Crippen LogP contribution is 2.48. The number of hydrogen-bond acceptors (Lipinski definition) is 3. The maximum absolute atomic E-state index is 12.0. The minimum atomic E-state index is -1.32. The fraction of sp³-hybridized carbons (Fsp3) is 0.750. The van der Waals surface area contributed by atoms with Gasteiger partial charge in [-0.05, 0) is 31.1 Å². The monoisotopic (exact) mass is 255 g/mol. The van der Waals surface area contributed by atoms with Crippen LogP contribution in [0.15, 0.2) is 0 Å². The summed E-state index contributed by atoms with van der Waals surface area (Å²) in [7, 11) is 0. The molecule has 0 spiro atoms. The quantitative estimate of drug-likeness (QED) is 0.662. The van der Waals surface area contributed by atoms with Gasteiger partial charge in [-0.3, -0.25) is 9.59 Å². The van der Waals surface area contributed by atoms with Gasteiger partial charge in [0.2, 0.25) is 5.91 Å². The molecule has 2 aliphatic rings. The van der Waals surface area contributed by atoms with Crippen molar-refractivity contribution < 1.29 is 24.6 Å². The molecule has 0 aromatic carbocycles. The van der Waals surface area contributed by atoms with Crippen LogP contribution in [0.2, 0.25) is 0 Å². The van der Waals surface area contributed by atoms with E-state index in [0.29, 0.717) is 11.8 Å². The first-order valence-corrected chi connectivity index (χ1v) is 6.22. The van der Waals surface area contributed by atoms with Crippen molar-refractivity contribution in [1.82, 2.24) is 5.32 Å². The van der Waals surface area contributed by atoms with Gasteiger partial charge in [-0.15, -0.1) is 0 Å². The van der Waals surface area contributed by atoms with E-state index in [0.717, 1.165) is 25.7 Å². The minimum absolute atomic E-state index is 0.126. The van der Waals surface area contributed by atoms with Crippen LogP contribution in [0.3, 0.4) is 0 Å². The summed E-state index contributed by atoms with van der Waals surface area (Å²) in [4.78, 5) is 33.4. The maximum atomic E-state index is 12.0. The summed E-state index contributed by atoms with van der Waals surface area (Å²) >= 11 is 0. The molecule has 0 aliphatic heterocycles. The van der Waals surface area contributed by atoms with Crippen LogP contribution in [-0.2, 0) is 14.4 Å². The third-order valence-corrected chi connectivity index (χ3v) is 4.07. The molecule has 2 bridgehead atoms. The predicted octanol–water partition coefficient (Wildman–Crippen LogP) is 0.467. The zero-order chi connectivity index (χ0) is 13.3. The molecule has 0 aromatic heterocycles. The summed E-state index contributed by atoms with van der Waals surface area (Å²) in [5.41, 5.74) is 0. The summed E-state index contributed by atoms with van der Waals surface area (Å²) in [6, 6.07) is -1.32. The Morgan fingerprint density at radius 3 is 2.33 bits per heavy atom. The van der Waals surface area contributed by atoms with Crippen molar-refractivity contribution >= 4 is 17.8 Å². The van der Waals surface area contributed by atoms with Crippen LogP contribution in [0.4, 0.5) is 0 Å². The molecule has 3 unspecified atom stereocenters. The van der Waals surface area contributed by atoms with Crippen molar-refractivity contribution in [2.75, 3.05) is 0 Å². The summed E-state index contributed by atoms with van der Waals surface area (Å²) in [6.07, 6.45) is 3.47. The number of carbonyl (C=O) groups is 3. The molecule has 0 saturated heterocycles. The zero-order valence-electron chi connectivity index (χ0n) is 9.96. The van der Waals surface area contributed by atoms with Gasteiger partial charge in [0.1, 0.15) is 6.04 Å². The average molecular weight is 255 g/mol. The van der Waals surface area contributed by atoms with E-state index in [2.05, 4.69) is 5.32 Å². The highest BCUT2D eigenvalue weighted by molar-refractivity contribution is 5.88. The van der Waals surface area contributed by atoms with Gasteiger partial charge in [0, 0.05) is 5.92 Å². The van der Waals surface area contributed by atoms with E-state index >= 15 is 0 Å². The van der Waals surface area contributed by atoms with Crippen molar-refractivity contribution in [3.8, 4) is 0 Å². The van der Waals surface area contributed by atoms with Crippen LogP contribution in [0, 0.1) is 17.8 Å². The third kappa shape index (κ3) is 2.63. The third-order valence-electron chi connectivity index (χ3n) is 4.07. The molecule has 6 nitrogen and oxygen atoms in total. The number of fused-ring (bicyclic) bond motifs is 2. The standard InChI is InChI=1S/C12H17NO5/c14-10(15)5-9(12(17)18)13-11(16)8-4-6-1-2-7(8)3-6/h6-9H,1-5H2,(H,13,16)(H,14,15)(H,17,18)/t6?,7?,8?,9-/m1/s1. The second-order valence-electron chi connectivity index (χ2n) is 5.28. The molecular weight excluding hydrogens is 238 g/mol. The molecule has 100 valence electrons. The lowest BCUT2D eigenvalue weighted by Gasteiger charge is -2.22. The van der Waals surface area contributed by atoms with E-state index < -0.39 is 24.4 Å². The summed E-state index contributed by atoms with van der Waals surface area (Å²) < 4.78 is 0. The number of carboxylic acids is 2. The van der Waals surface area contributed by atoms with Crippen LogP contribution in [-0.4, -0.2) is 34.1 Å². The highest BCUT2D eigenvalue weighted by atomic mass is 16.4. The molecule has 18 heavy (non-hydrogen) atoms. The molecule has 2 aliphatic carbocycles. The van der Waals surface area contributed by atoms with Crippen molar-refractivity contribution in [3.05, 3.63) is 0 Å². The van der Waals surface area contributed by atoms with E-state index in [1.54, 1.807) is 0 Å². The Balaban J connectivity index is 1.92. The molecule has 2 fully saturated rings. The first-order chi connectivity index (χ1) is 8.47. The van der Waals surface area contributed by atoms with Gasteiger partial charge in [0.25, 0.3) is 0 Å². The first kappa shape index (κ1) is 12.9. The Bertz CT molecular complexity index is 381. The fourth-order valence-electron chi connectivity index (χ4n) is 3.22. The molecular formula is C12H17NO5. The van der Waals surface area contributed by atoms with Gasteiger partial charge in [-0.1, -0.05) is 6.42 Å². The van der Waals surface area contributed by atoms with Gasteiger partial charge in [0.15, 0.2) is 0 Å². The number of rotatable bonds is 5. The van der Waals surface area contributed by atoms with Crippen LogP contribution < -0.4 is 5.32 Å². The normalized spacial score (nSPS) is 31.0. The molecule has 1 amide bonds. The number of nitrogens with one attached hydrogen (secondary N) is 1. The molecule has 2 rings (SSSR count). The van der Waals surface area contributed by atoms with Crippen LogP contribution >= 0.6 is 0 Å². The molecule has 0 aromatic rings. The first-order valence-electron chi connectivity index (χ1n) is 6.22. The highest BCUT2D eigenvalue weighted by Gasteiger charge is 2.43. The largest absolute Gasteiger partial charge is 0.481 e. The zero-order valence-corrected chi connectivity index (χ0v) is 9.96. The van der Waals surface area contributed by atoms with Gasteiger partial charge in [0.05, 0.1) is 6.42 Å². The fourth-order valence-corrected chi connectivity index (χ4v) is 3.22. The Hall–Kier alpha value is -1.59. The predicted molar refractivity (Wildman–Crippen MR) is 60.8 cm³/mol. The van der Waals surface area contributed by atoms with Crippen molar-refractivity contribution in [2.24, 2.45) is 17.8 Å². The lowest BCUT2D eigenvalue weighted by Crippen LogP contribution is -2.45. The molecule has 3 N–H and O–H groups in total. The van der Waals surface area contributed by atoms with Crippen molar-refractivity contribution in [2.45, 2.75) is 38.1 Å². The van der Waals surface area contributed by atoms with Crippen molar-refractivity contribution in [1.29, 1.82) is 0 Å². The van der Waals surface area contributed by atoms with E-state index in [1.807, 2.05) is 0 Å². The van der Waals surface area contributed by atoms with E-state index in [1.165, 1.54) is 0 Å². The summed E-state index contributed by atoms with van der Waals surface area (Å²) in [5.74, 6) is -2.00. The molecule has 2 saturated carbocycles. The molecule has 6 heteroatoms. The summed E-state index contributed by atoms with van der Waals surface area (Å²) in [6.45, 7) is 0. The number of carboxylic acid groups (broad SMARTS) is 2. The SMILES string of the molecule is O=C(O)C[C@@H](NC(=O)C1CC2CCC1C2)C(=O)O. The van der Waals surface area contributed by atoms with E-state index in [4.69, 9.17) is 10.2 Å². The maximum Gasteiger partial charge on any atom is 0.326 e.